The molecular weight excluding hydrogens is 227 g/mol. The van der Waals surface area contributed by atoms with Gasteiger partial charge < -0.3 is 19.5 Å². The van der Waals surface area contributed by atoms with E-state index in [1.54, 1.807) is 0 Å². The van der Waals surface area contributed by atoms with Crippen LogP contribution in [0.2, 0.25) is 0 Å². The van der Waals surface area contributed by atoms with Gasteiger partial charge in [-0.05, 0) is 7.05 Å². The van der Waals surface area contributed by atoms with E-state index < -0.39 is 18.8 Å². The molecule has 0 aromatic rings. The predicted octanol–water partition coefficient (Wildman–Crippen LogP) is 0.604. The van der Waals surface area contributed by atoms with Crippen LogP contribution in [0.25, 0.3) is 0 Å². The summed E-state index contributed by atoms with van der Waals surface area (Å²) >= 11 is 0. The van der Waals surface area contributed by atoms with Crippen molar-refractivity contribution in [3.8, 4) is 0 Å². The van der Waals surface area contributed by atoms with Crippen molar-refractivity contribution in [3.63, 3.8) is 0 Å². The molecule has 96 valence electrons. The zero-order valence-corrected chi connectivity index (χ0v) is 9.04. The Balaban J connectivity index is 2.17. The number of hydrogen-bond acceptors (Lipinski definition) is 4. The molecule has 1 aliphatic heterocycles. The molecule has 1 heterocycles. The van der Waals surface area contributed by atoms with E-state index in [-0.39, 0.29) is 6.29 Å². The normalized spacial score (nSPS) is 20.6. The van der Waals surface area contributed by atoms with Gasteiger partial charge in [0.05, 0.1) is 13.2 Å². The lowest BCUT2D eigenvalue weighted by Gasteiger charge is -2.22. The molecular formula is C9H16F3NO3. The van der Waals surface area contributed by atoms with Crippen LogP contribution in [0.5, 0.6) is 0 Å². The summed E-state index contributed by atoms with van der Waals surface area (Å²) in [5.41, 5.74) is 0. The summed E-state index contributed by atoms with van der Waals surface area (Å²) in [5, 5.41) is 8.82. The van der Waals surface area contributed by atoms with Crippen molar-refractivity contribution < 1.29 is 27.8 Å². The molecule has 1 N–H and O–H groups in total. The first kappa shape index (κ1) is 13.7. The lowest BCUT2D eigenvalue weighted by molar-refractivity contribution is -0.207. The van der Waals surface area contributed by atoms with Crippen LogP contribution in [0.3, 0.4) is 0 Å². The van der Waals surface area contributed by atoms with Crippen LogP contribution in [0.15, 0.2) is 0 Å². The first-order valence-corrected chi connectivity index (χ1v) is 5.06. The Labute approximate surface area is 91.9 Å². The van der Waals surface area contributed by atoms with Crippen LogP contribution in [0, 0.1) is 0 Å². The Bertz CT molecular complexity index is 207. The molecule has 0 spiro atoms. The molecule has 1 fully saturated rings. The molecule has 1 aliphatic rings. The van der Waals surface area contributed by atoms with E-state index in [1.165, 1.54) is 11.9 Å². The first-order chi connectivity index (χ1) is 7.39. The lowest BCUT2D eigenvalue weighted by Crippen LogP contribution is -2.40. The van der Waals surface area contributed by atoms with Gasteiger partial charge in [-0.25, -0.2) is 0 Å². The molecule has 16 heavy (non-hydrogen) atoms. The number of ether oxygens (including phenoxy) is 2. The van der Waals surface area contributed by atoms with Gasteiger partial charge in [-0.2, -0.15) is 13.2 Å². The summed E-state index contributed by atoms with van der Waals surface area (Å²) in [6.07, 6.45) is -6.69. The number of hydrogen-bond donors (Lipinski definition) is 1. The molecule has 1 saturated heterocycles. The van der Waals surface area contributed by atoms with Gasteiger partial charge >= 0.3 is 6.18 Å². The second-order valence-electron chi connectivity index (χ2n) is 3.78. The van der Waals surface area contributed by atoms with Gasteiger partial charge in [0.25, 0.3) is 0 Å². The number of aliphatic hydroxyl groups excluding tert-OH is 1. The summed E-state index contributed by atoms with van der Waals surface area (Å²) in [7, 11) is 1.52. The summed E-state index contributed by atoms with van der Waals surface area (Å²) in [5.74, 6) is 0. The molecule has 0 bridgehead atoms. The molecule has 0 aromatic heterocycles. The van der Waals surface area contributed by atoms with Gasteiger partial charge in [0.1, 0.15) is 0 Å². The summed E-state index contributed by atoms with van der Waals surface area (Å²) in [6, 6.07) is 0. The quantitative estimate of drug-likeness (QED) is 0.768. The van der Waals surface area contributed by atoms with E-state index >= 15 is 0 Å². The fraction of sp³-hybridized carbons (Fsp3) is 1.00. The maximum absolute atomic E-state index is 12.0. The molecule has 0 amide bonds. The minimum atomic E-state index is -4.56. The molecule has 1 unspecified atom stereocenters. The molecule has 0 radical (unpaired) electrons. The molecule has 0 aliphatic carbocycles. The number of nitrogens with zero attached hydrogens (tertiary/aromatic N) is 1. The van der Waals surface area contributed by atoms with Crippen molar-refractivity contribution in [2.24, 2.45) is 0 Å². The Morgan fingerprint density at radius 1 is 1.38 bits per heavy atom. The Kier molecular flexibility index (Phi) is 4.97. The van der Waals surface area contributed by atoms with Crippen molar-refractivity contribution >= 4 is 0 Å². The fourth-order valence-corrected chi connectivity index (χ4v) is 1.39. The predicted molar refractivity (Wildman–Crippen MR) is 49.9 cm³/mol. The Morgan fingerprint density at radius 2 is 1.94 bits per heavy atom. The van der Waals surface area contributed by atoms with Gasteiger partial charge in [0, 0.05) is 19.5 Å². The molecule has 7 heteroatoms. The van der Waals surface area contributed by atoms with Crippen molar-refractivity contribution in [1.29, 1.82) is 0 Å². The Hall–Kier alpha value is -0.370. The second kappa shape index (κ2) is 5.81. The fourth-order valence-electron chi connectivity index (χ4n) is 1.39. The summed E-state index contributed by atoms with van der Waals surface area (Å²) in [4.78, 5) is 1.41. The van der Waals surface area contributed by atoms with Gasteiger partial charge in [0.2, 0.25) is 0 Å². The minimum absolute atomic E-state index is 0.328. The highest BCUT2D eigenvalue weighted by Crippen LogP contribution is 2.20. The van der Waals surface area contributed by atoms with Crippen molar-refractivity contribution in [2.45, 2.75) is 25.0 Å². The van der Waals surface area contributed by atoms with E-state index in [1.807, 2.05) is 0 Å². The van der Waals surface area contributed by atoms with Crippen molar-refractivity contribution in [1.82, 2.24) is 4.90 Å². The molecule has 0 saturated carbocycles. The number of rotatable bonds is 5. The maximum atomic E-state index is 12.0. The second-order valence-corrected chi connectivity index (χ2v) is 3.78. The van der Waals surface area contributed by atoms with E-state index in [2.05, 4.69) is 0 Å². The number of likely N-dealkylation sites (N-methyl/N-ethyl adjacent to an activating group) is 1. The van der Waals surface area contributed by atoms with E-state index in [0.717, 1.165) is 0 Å². The van der Waals surface area contributed by atoms with Gasteiger partial charge in [-0.1, -0.05) is 0 Å². The van der Waals surface area contributed by atoms with Crippen molar-refractivity contribution in [3.05, 3.63) is 0 Å². The van der Waals surface area contributed by atoms with Crippen LogP contribution >= 0.6 is 0 Å². The van der Waals surface area contributed by atoms with E-state index in [9.17, 15) is 13.2 Å². The first-order valence-electron chi connectivity index (χ1n) is 5.06. The lowest BCUT2D eigenvalue weighted by atomic mass is 10.3. The number of halogens is 3. The van der Waals surface area contributed by atoms with Crippen LogP contribution in [0.4, 0.5) is 13.2 Å². The molecule has 1 rings (SSSR count). The maximum Gasteiger partial charge on any atom is 0.415 e. The van der Waals surface area contributed by atoms with Crippen molar-refractivity contribution in [2.75, 3.05) is 33.4 Å². The minimum Gasteiger partial charge on any atom is -0.382 e. The zero-order valence-electron chi connectivity index (χ0n) is 9.04. The average molecular weight is 243 g/mol. The largest absolute Gasteiger partial charge is 0.415 e. The van der Waals surface area contributed by atoms with Gasteiger partial charge in [-0.15, -0.1) is 0 Å². The van der Waals surface area contributed by atoms with E-state index in [4.69, 9.17) is 14.6 Å². The third-order valence-corrected chi connectivity index (χ3v) is 2.30. The molecule has 1 atom stereocenters. The van der Waals surface area contributed by atoms with Crippen LogP contribution in [0.1, 0.15) is 6.42 Å². The number of alkyl halides is 3. The third kappa shape index (κ3) is 4.65. The average Bonchev–Trinajstić information content (AvgIpc) is 2.65. The standard InChI is InChI=1S/C9H16F3NO3/c1-13(6-7(14)9(10,11)12)3-2-8-15-4-5-16-8/h7-8,14H,2-6H2,1H3. The summed E-state index contributed by atoms with van der Waals surface area (Å²) in [6.45, 7) is 1.01. The zero-order chi connectivity index (χ0) is 12.2. The molecule has 4 nitrogen and oxygen atoms in total. The monoisotopic (exact) mass is 243 g/mol. The summed E-state index contributed by atoms with van der Waals surface area (Å²) < 4.78 is 46.4. The SMILES string of the molecule is CN(CCC1OCCO1)CC(O)C(F)(F)F. The topological polar surface area (TPSA) is 41.9 Å². The van der Waals surface area contributed by atoms with Crippen LogP contribution in [-0.4, -0.2) is 61.9 Å². The van der Waals surface area contributed by atoms with E-state index in [0.29, 0.717) is 26.2 Å². The highest BCUT2D eigenvalue weighted by Gasteiger charge is 2.38. The van der Waals surface area contributed by atoms with Crippen LogP contribution in [-0.2, 0) is 9.47 Å². The molecule has 0 aromatic carbocycles. The van der Waals surface area contributed by atoms with Crippen LogP contribution < -0.4 is 0 Å². The highest BCUT2D eigenvalue weighted by atomic mass is 19.4. The highest BCUT2D eigenvalue weighted by molar-refractivity contribution is 4.69. The van der Waals surface area contributed by atoms with Gasteiger partial charge in [0.15, 0.2) is 12.4 Å². The van der Waals surface area contributed by atoms with Gasteiger partial charge in [-0.3, -0.25) is 0 Å². The number of aliphatic hydroxyl groups is 1. The third-order valence-electron chi connectivity index (χ3n) is 2.30. The Morgan fingerprint density at radius 3 is 2.44 bits per heavy atom. The smallest absolute Gasteiger partial charge is 0.382 e.